The van der Waals surface area contributed by atoms with Crippen molar-refractivity contribution in [1.82, 2.24) is 9.13 Å². The van der Waals surface area contributed by atoms with Crippen LogP contribution in [0.15, 0.2) is 170 Å². The number of fused-ring (bicyclic) bond motifs is 6. The lowest BCUT2D eigenvalue weighted by Gasteiger charge is -2.13. The second-order valence-corrected chi connectivity index (χ2v) is 11.9. The van der Waals surface area contributed by atoms with Gasteiger partial charge >= 0.3 is 0 Å². The lowest BCUT2D eigenvalue weighted by molar-refractivity contribution is 1.13. The second-order valence-electron chi connectivity index (χ2n) is 11.9. The first-order chi connectivity index (χ1) is 22.8. The van der Waals surface area contributed by atoms with E-state index < -0.39 is 0 Å². The quantitative estimate of drug-likeness (QED) is 0.190. The summed E-state index contributed by atoms with van der Waals surface area (Å²) < 4.78 is 4.81. The predicted octanol–water partition coefficient (Wildman–Crippen LogP) is 11.9. The molecule has 2 heterocycles. The van der Waals surface area contributed by atoms with Crippen LogP contribution in [0.3, 0.4) is 0 Å². The van der Waals surface area contributed by atoms with E-state index in [2.05, 4.69) is 180 Å². The first-order valence-corrected chi connectivity index (χ1v) is 15.7. The van der Waals surface area contributed by atoms with E-state index in [-0.39, 0.29) is 0 Å². The van der Waals surface area contributed by atoms with Crippen LogP contribution in [0.1, 0.15) is 5.56 Å². The Morgan fingerprint density at radius 3 is 1.43 bits per heavy atom. The third kappa shape index (κ3) is 4.12. The molecule has 7 aromatic carbocycles. The molecule has 0 fully saturated rings. The summed E-state index contributed by atoms with van der Waals surface area (Å²) in [5.41, 5.74) is 13.0. The molecule has 0 aliphatic carbocycles. The number of benzene rings is 7. The van der Waals surface area contributed by atoms with Gasteiger partial charge in [0.05, 0.1) is 22.1 Å². The maximum Gasteiger partial charge on any atom is 0.0541 e. The summed E-state index contributed by atoms with van der Waals surface area (Å²) in [6.45, 7) is 3.96. The molecule has 0 saturated heterocycles. The van der Waals surface area contributed by atoms with E-state index in [1.54, 1.807) is 0 Å². The highest BCUT2D eigenvalue weighted by atomic mass is 15.0. The number of para-hydroxylation sites is 2. The first-order valence-electron chi connectivity index (χ1n) is 15.7. The molecular weight excluding hydrogens is 556 g/mol. The summed E-state index contributed by atoms with van der Waals surface area (Å²) in [5.74, 6) is 0. The van der Waals surface area contributed by atoms with Gasteiger partial charge in [-0.15, -0.1) is 0 Å². The number of aromatic nitrogens is 2. The maximum atomic E-state index is 3.96. The Balaban J connectivity index is 1.24. The van der Waals surface area contributed by atoms with Gasteiger partial charge in [0.15, 0.2) is 0 Å². The van der Waals surface area contributed by atoms with Crippen LogP contribution in [-0.4, -0.2) is 9.13 Å². The number of hydrogen-bond acceptors (Lipinski definition) is 0. The lowest BCUT2D eigenvalue weighted by atomic mass is 10.0. The third-order valence-electron chi connectivity index (χ3n) is 9.25. The van der Waals surface area contributed by atoms with Crippen LogP contribution in [0.5, 0.6) is 0 Å². The second kappa shape index (κ2) is 10.5. The molecule has 46 heavy (non-hydrogen) atoms. The van der Waals surface area contributed by atoms with Crippen molar-refractivity contribution in [3.63, 3.8) is 0 Å². The van der Waals surface area contributed by atoms with E-state index in [1.165, 1.54) is 65.9 Å². The SMILES string of the molecule is C=Cc1cccc(-c2ccc3c(c2)c2ccccc2n3-c2cccc(-n3c4ccccc4c4cc(-c5ccccc5)ccc43)c2)c1. The van der Waals surface area contributed by atoms with E-state index in [4.69, 9.17) is 0 Å². The van der Waals surface area contributed by atoms with E-state index in [9.17, 15) is 0 Å². The topological polar surface area (TPSA) is 9.86 Å². The minimum absolute atomic E-state index is 1.12. The Morgan fingerprint density at radius 2 is 0.826 bits per heavy atom. The lowest BCUT2D eigenvalue weighted by Crippen LogP contribution is -1.98. The monoisotopic (exact) mass is 586 g/mol. The zero-order chi connectivity index (χ0) is 30.6. The molecule has 9 aromatic rings. The Hall–Kier alpha value is -6.12. The molecule has 2 aromatic heterocycles. The molecule has 0 unspecified atom stereocenters. The largest absolute Gasteiger partial charge is 0.309 e. The smallest absolute Gasteiger partial charge is 0.0541 e. The highest BCUT2D eigenvalue weighted by Gasteiger charge is 2.16. The molecule has 0 amide bonds. The summed E-state index contributed by atoms with van der Waals surface area (Å²) in [7, 11) is 0. The van der Waals surface area contributed by atoms with Gasteiger partial charge in [0.1, 0.15) is 0 Å². The highest BCUT2D eigenvalue weighted by molar-refractivity contribution is 6.12. The molecule has 2 nitrogen and oxygen atoms in total. The number of nitrogens with zero attached hydrogens (tertiary/aromatic N) is 2. The van der Waals surface area contributed by atoms with Gasteiger partial charge in [0.2, 0.25) is 0 Å². The fourth-order valence-electron chi connectivity index (χ4n) is 7.11. The molecular formula is C44H30N2. The minimum Gasteiger partial charge on any atom is -0.309 e. The van der Waals surface area contributed by atoms with Crippen molar-refractivity contribution in [3.8, 4) is 33.6 Å². The first kappa shape index (κ1) is 26.3. The van der Waals surface area contributed by atoms with Gasteiger partial charge in [-0.2, -0.15) is 0 Å². The molecule has 0 N–H and O–H groups in total. The molecule has 0 atom stereocenters. The Bertz CT molecular complexity index is 2600. The van der Waals surface area contributed by atoms with Crippen molar-refractivity contribution in [3.05, 3.63) is 176 Å². The minimum atomic E-state index is 1.12. The predicted molar refractivity (Wildman–Crippen MR) is 196 cm³/mol. The zero-order valence-electron chi connectivity index (χ0n) is 25.3. The summed E-state index contributed by atoms with van der Waals surface area (Å²) in [4.78, 5) is 0. The Morgan fingerprint density at radius 1 is 0.348 bits per heavy atom. The van der Waals surface area contributed by atoms with E-state index in [1.807, 2.05) is 6.08 Å². The van der Waals surface area contributed by atoms with Crippen molar-refractivity contribution < 1.29 is 0 Å². The van der Waals surface area contributed by atoms with E-state index in [0.29, 0.717) is 0 Å². The molecule has 0 radical (unpaired) electrons. The van der Waals surface area contributed by atoms with Gasteiger partial charge in [0.25, 0.3) is 0 Å². The van der Waals surface area contributed by atoms with Crippen LogP contribution in [0, 0.1) is 0 Å². The number of hydrogen-bond donors (Lipinski definition) is 0. The summed E-state index contributed by atoms with van der Waals surface area (Å²) in [6.07, 6.45) is 1.90. The van der Waals surface area contributed by atoms with Crippen molar-refractivity contribution in [1.29, 1.82) is 0 Å². The average Bonchev–Trinajstić information content (AvgIpc) is 3.64. The van der Waals surface area contributed by atoms with Gasteiger partial charge in [-0.05, 0) is 88.5 Å². The van der Waals surface area contributed by atoms with Crippen LogP contribution < -0.4 is 0 Å². The molecule has 0 aliphatic heterocycles. The molecule has 216 valence electrons. The summed E-state index contributed by atoms with van der Waals surface area (Å²) >= 11 is 0. The van der Waals surface area contributed by atoms with Gasteiger partial charge in [-0.3, -0.25) is 0 Å². The summed E-state index contributed by atoms with van der Waals surface area (Å²) in [5, 5.41) is 5.00. The van der Waals surface area contributed by atoms with Crippen LogP contribution >= 0.6 is 0 Å². The van der Waals surface area contributed by atoms with Crippen LogP contribution in [0.25, 0.3) is 83.3 Å². The fraction of sp³-hybridized carbons (Fsp3) is 0. The zero-order valence-corrected chi connectivity index (χ0v) is 25.3. The summed E-state index contributed by atoms with van der Waals surface area (Å²) in [6, 6.07) is 59.3. The fourth-order valence-corrected chi connectivity index (χ4v) is 7.11. The Kier molecular flexibility index (Phi) is 6.00. The van der Waals surface area contributed by atoms with Crippen LogP contribution in [0.4, 0.5) is 0 Å². The molecule has 2 heteroatoms. The van der Waals surface area contributed by atoms with E-state index in [0.717, 1.165) is 16.9 Å². The van der Waals surface area contributed by atoms with Crippen LogP contribution in [0.2, 0.25) is 0 Å². The van der Waals surface area contributed by atoms with Gasteiger partial charge in [0, 0.05) is 32.9 Å². The van der Waals surface area contributed by atoms with Crippen molar-refractivity contribution in [2.75, 3.05) is 0 Å². The highest BCUT2D eigenvalue weighted by Crippen LogP contribution is 2.38. The Labute approximate surface area is 267 Å². The molecule has 0 aliphatic rings. The third-order valence-corrected chi connectivity index (χ3v) is 9.25. The average molecular weight is 587 g/mol. The van der Waals surface area contributed by atoms with Gasteiger partial charge in [-0.1, -0.05) is 116 Å². The molecule has 0 spiro atoms. The van der Waals surface area contributed by atoms with Gasteiger partial charge < -0.3 is 9.13 Å². The normalized spacial score (nSPS) is 11.6. The van der Waals surface area contributed by atoms with Crippen molar-refractivity contribution >= 4 is 49.7 Å². The van der Waals surface area contributed by atoms with Crippen LogP contribution in [-0.2, 0) is 0 Å². The van der Waals surface area contributed by atoms with Crippen molar-refractivity contribution in [2.45, 2.75) is 0 Å². The molecule has 9 rings (SSSR count). The standard InChI is InChI=1S/C44H30N2/c1-2-30-12-10-15-32(26-30)34-23-25-44-40(28-34)38-19-7-9-21-42(38)46(44)36-17-11-16-35(29-36)45-41-20-8-6-18-37(41)39-27-33(22-24-43(39)45)31-13-4-3-5-14-31/h2-29H,1H2. The molecule has 0 saturated carbocycles. The van der Waals surface area contributed by atoms with E-state index >= 15 is 0 Å². The van der Waals surface area contributed by atoms with Crippen molar-refractivity contribution in [2.24, 2.45) is 0 Å². The maximum absolute atomic E-state index is 3.96. The molecule has 0 bridgehead atoms. The number of rotatable bonds is 5. The van der Waals surface area contributed by atoms with Gasteiger partial charge in [-0.25, -0.2) is 0 Å².